The van der Waals surface area contributed by atoms with Crippen molar-refractivity contribution in [3.8, 4) is 0 Å². The first-order chi connectivity index (χ1) is 12.6. The summed E-state index contributed by atoms with van der Waals surface area (Å²) >= 11 is 0. The molecule has 2 fully saturated rings. The van der Waals surface area contributed by atoms with Crippen molar-refractivity contribution in [2.75, 3.05) is 13.1 Å². The van der Waals surface area contributed by atoms with Crippen LogP contribution in [-0.4, -0.2) is 46.9 Å². The molecule has 0 radical (unpaired) electrons. The number of primary amides is 1. The Hall–Kier alpha value is -2.51. The van der Waals surface area contributed by atoms with E-state index in [1.54, 1.807) is 6.20 Å². The maximum atomic E-state index is 13.0. The predicted molar refractivity (Wildman–Crippen MR) is 98.0 cm³/mol. The van der Waals surface area contributed by atoms with Gasteiger partial charge in [0.25, 0.3) is 5.91 Å². The Morgan fingerprint density at radius 1 is 1.12 bits per heavy atom. The third-order valence-electron chi connectivity index (χ3n) is 5.55. The van der Waals surface area contributed by atoms with E-state index in [2.05, 4.69) is 15.8 Å². The number of hydrogen-bond donors (Lipinski definition) is 3. The Bertz CT molecular complexity index is 826. The fourth-order valence-corrected chi connectivity index (χ4v) is 4.02. The van der Waals surface area contributed by atoms with E-state index in [9.17, 15) is 9.59 Å². The topological polar surface area (TPSA) is 100 Å². The molecule has 7 nitrogen and oxygen atoms in total. The Morgan fingerprint density at radius 3 is 2.62 bits per heavy atom. The zero-order chi connectivity index (χ0) is 18.1. The second-order valence-electron chi connectivity index (χ2n) is 7.10. The quantitative estimate of drug-likeness (QED) is 0.758. The number of benzene rings is 1. The summed E-state index contributed by atoms with van der Waals surface area (Å²) in [7, 11) is 0. The number of hydrazine groups is 1. The van der Waals surface area contributed by atoms with Gasteiger partial charge >= 0.3 is 0 Å². The molecule has 0 saturated carbocycles. The van der Waals surface area contributed by atoms with Crippen LogP contribution in [0.1, 0.15) is 29.8 Å². The highest BCUT2D eigenvalue weighted by atomic mass is 16.2. The first-order valence-corrected chi connectivity index (χ1v) is 9.07. The third kappa shape index (κ3) is 3.15. The van der Waals surface area contributed by atoms with Gasteiger partial charge in [-0.3, -0.25) is 20.0 Å². The summed E-state index contributed by atoms with van der Waals surface area (Å²) in [5.74, 6) is 0.0961. The monoisotopic (exact) mass is 353 g/mol. The molecule has 2 amide bonds. The van der Waals surface area contributed by atoms with Crippen LogP contribution in [0, 0.1) is 5.92 Å². The van der Waals surface area contributed by atoms with Gasteiger partial charge in [0.05, 0.1) is 0 Å². The number of hydrogen-bond acceptors (Lipinski definition) is 5. The number of carbonyl (C=O) groups excluding carboxylic acids is 2. The van der Waals surface area contributed by atoms with Crippen molar-refractivity contribution < 1.29 is 9.59 Å². The van der Waals surface area contributed by atoms with E-state index < -0.39 is 0 Å². The second-order valence-corrected chi connectivity index (χ2v) is 7.10. The molecule has 136 valence electrons. The number of aromatic nitrogens is 1. The van der Waals surface area contributed by atoms with Crippen molar-refractivity contribution >= 4 is 22.6 Å². The van der Waals surface area contributed by atoms with E-state index in [4.69, 9.17) is 5.73 Å². The average Bonchev–Trinajstić information content (AvgIpc) is 3.18. The average molecular weight is 353 g/mol. The number of carbonyl (C=O) groups is 2. The molecular formula is C19H23N5O2. The van der Waals surface area contributed by atoms with Crippen LogP contribution in [0.4, 0.5) is 0 Å². The van der Waals surface area contributed by atoms with E-state index in [0.29, 0.717) is 31.1 Å². The van der Waals surface area contributed by atoms with Gasteiger partial charge < -0.3 is 10.6 Å². The molecule has 4 N–H and O–H groups in total. The smallest absolute Gasteiger partial charge is 0.273 e. The van der Waals surface area contributed by atoms with Gasteiger partial charge in [0.1, 0.15) is 11.7 Å². The van der Waals surface area contributed by atoms with Crippen molar-refractivity contribution in [3.05, 3.63) is 42.2 Å². The third-order valence-corrected chi connectivity index (χ3v) is 5.55. The molecule has 0 aliphatic carbocycles. The zero-order valence-electron chi connectivity index (χ0n) is 14.5. The summed E-state index contributed by atoms with van der Waals surface area (Å²) in [6.45, 7) is 1.40. The summed E-state index contributed by atoms with van der Waals surface area (Å²) < 4.78 is 0. The SMILES string of the molecule is NC(=O)C1CC(C2CCN(C(=O)c3nccc4ccccc34)CC2)NN1. The molecule has 26 heavy (non-hydrogen) atoms. The molecule has 2 unspecified atom stereocenters. The number of rotatable bonds is 3. The number of amides is 2. The van der Waals surface area contributed by atoms with Crippen molar-refractivity contribution in [3.63, 3.8) is 0 Å². The van der Waals surface area contributed by atoms with E-state index in [-0.39, 0.29) is 23.9 Å². The second kappa shape index (κ2) is 7.01. The molecular weight excluding hydrogens is 330 g/mol. The number of likely N-dealkylation sites (tertiary alicyclic amines) is 1. The van der Waals surface area contributed by atoms with Gasteiger partial charge in [-0.05, 0) is 36.6 Å². The first kappa shape index (κ1) is 16.9. The highest BCUT2D eigenvalue weighted by molar-refractivity contribution is 6.05. The molecule has 7 heteroatoms. The number of nitrogens with zero attached hydrogens (tertiary/aromatic N) is 2. The van der Waals surface area contributed by atoms with Gasteiger partial charge in [0.2, 0.25) is 5.91 Å². The number of fused-ring (bicyclic) bond motifs is 1. The van der Waals surface area contributed by atoms with Gasteiger partial charge in [0, 0.05) is 30.7 Å². The molecule has 2 aliphatic rings. The number of piperidine rings is 1. The Morgan fingerprint density at radius 2 is 1.88 bits per heavy atom. The molecule has 2 aromatic rings. The Labute approximate surface area is 151 Å². The van der Waals surface area contributed by atoms with Gasteiger partial charge in [0.15, 0.2) is 0 Å². The van der Waals surface area contributed by atoms with Crippen LogP contribution < -0.4 is 16.6 Å². The minimum atomic E-state index is -0.324. The van der Waals surface area contributed by atoms with E-state index in [1.807, 2.05) is 35.2 Å². The van der Waals surface area contributed by atoms with Gasteiger partial charge in [-0.25, -0.2) is 5.43 Å². The highest BCUT2D eigenvalue weighted by Crippen LogP contribution is 2.27. The summed E-state index contributed by atoms with van der Waals surface area (Å²) in [6.07, 6.45) is 4.21. The lowest BCUT2D eigenvalue weighted by Crippen LogP contribution is -2.45. The summed E-state index contributed by atoms with van der Waals surface area (Å²) in [4.78, 5) is 30.5. The molecule has 4 rings (SSSR count). The van der Waals surface area contributed by atoms with E-state index in [1.165, 1.54) is 0 Å². The van der Waals surface area contributed by atoms with Crippen molar-refractivity contribution in [2.24, 2.45) is 11.7 Å². The van der Waals surface area contributed by atoms with Crippen molar-refractivity contribution in [2.45, 2.75) is 31.3 Å². The molecule has 2 saturated heterocycles. The van der Waals surface area contributed by atoms with Crippen LogP contribution in [0.5, 0.6) is 0 Å². The van der Waals surface area contributed by atoms with E-state index in [0.717, 1.165) is 23.6 Å². The normalized spacial score (nSPS) is 24.1. The van der Waals surface area contributed by atoms with Crippen LogP contribution in [-0.2, 0) is 4.79 Å². The predicted octanol–water partition coefficient (Wildman–Crippen LogP) is 0.807. The fraction of sp³-hybridized carbons (Fsp3) is 0.421. The van der Waals surface area contributed by atoms with Gasteiger partial charge in [-0.2, -0.15) is 0 Å². The molecule has 1 aromatic heterocycles. The molecule has 2 atom stereocenters. The highest BCUT2D eigenvalue weighted by Gasteiger charge is 2.35. The van der Waals surface area contributed by atoms with E-state index >= 15 is 0 Å². The maximum absolute atomic E-state index is 13.0. The number of pyridine rings is 1. The molecule has 0 bridgehead atoms. The lowest BCUT2D eigenvalue weighted by molar-refractivity contribution is -0.119. The first-order valence-electron chi connectivity index (χ1n) is 9.07. The van der Waals surface area contributed by atoms with Crippen molar-refractivity contribution in [1.82, 2.24) is 20.7 Å². The van der Waals surface area contributed by atoms with Gasteiger partial charge in [-0.1, -0.05) is 24.3 Å². The lowest BCUT2D eigenvalue weighted by atomic mass is 9.87. The minimum absolute atomic E-state index is 0.00670. The molecule has 0 spiro atoms. The Kier molecular flexibility index (Phi) is 4.57. The van der Waals surface area contributed by atoms with Crippen LogP contribution in [0.15, 0.2) is 36.5 Å². The molecule has 3 heterocycles. The largest absolute Gasteiger partial charge is 0.368 e. The standard InChI is InChI=1S/C19H23N5O2/c20-18(25)16-11-15(22-23-16)13-6-9-24(10-7-13)19(26)17-14-4-2-1-3-12(14)5-8-21-17/h1-5,8,13,15-16,22-23H,6-7,9-11H2,(H2,20,25). The van der Waals surface area contributed by atoms with Crippen LogP contribution in [0.3, 0.4) is 0 Å². The van der Waals surface area contributed by atoms with Crippen molar-refractivity contribution in [1.29, 1.82) is 0 Å². The summed E-state index contributed by atoms with van der Waals surface area (Å²) in [5, 5.41) is 1.92. The van der Waals surface area contributed by atoms with Crippen LogP contribution in [0.2, 0.25) is 0 Å². The number of nitrogens with one attached hydrogen (secondary N) is 2. The minimum Gasteiger partial charge on any atom is -0.368 e. The maximum Gasteiger partial charge on any atom is 0.273 e. The molecule has 1 aromatic carbocycles. The lowest BCUT2D eigenvalue weighted by Gasteiger charge is -2.34. The number of nitrogens with two attached hydrogens (primary N) is 1. The fourth-order valence-electron chi connectivity index (χ4n) is 4.02. The summed E-state index contributed by atoms with van der Waals surface area (Å²) in [5.41, 5.74) is 12.0. The molecule has 2 aliphatic heterocycles. The van der Waals surface area contributed by atoms with Gasteiger partial charge in [-0.15, -0.1) is 0 Å². The van der Waals surface area contributed by atoms with Crippen LogP contribution >= 0.6 is 0 Å². The zero-order valence-corrected chi connectivity index (χ0v) is 14.5. The Balaban J connectivity index is 1.42. The van der Waals surface area contributed by atoms with Crippen LogP contribution in [0.25, 0.3) is 10.8 Å². The summed E-state index contributed by atoms with van der Waals surface area (Å²) in [6, 6.07) is 9.67.